The van der Waals surface area contributed by atoms with Crippen LogP contribution in [0.4, 0.5) is 11.4 Å². The normalized spacial score (nSPS) is 26.4. The van der Waals surface area contributed by atoms with Crippen LogP contribution in [-0.2, 0) is 5.41 Å². The standard InChI is InChI=1S/C34H42N6O/c1-33(2)37-29-10-6-7-11-31(29)40(33)28-22-26-12-13-27(23-28)39(26)21-16-34(25-8-4-3-5-9-25)14-19-38(20-15-34)32(41)30-24-35-17-18-36-30/h3-11,17-18,24,26-28,37H,12-16,19-23H2,1-2H3. The van der Waals surface area contributed by atoms with E-state index >= 15 is 0 Å². The Morgan fingerprint density at radius 1 is 0.927 bits per heavy atom. The van der Waals surface area contributed by atoms with Crippen molar-refractivity contribution in [1.29, 1.82) is 0 Å². The van der Waals surface area contributed by atoms with E-state index in [0.717, 1.165) is 38.9 Å². The Morgan fingerprint density at radius 2 is 1.63 bits per heavy atom. The van der Waals surface area contributed by atoms with Gasteiger partial charge in [0.15, 0.2) is 0 Å². The van der Waals surface area contributed by atoms with Crippen LogP contribution in [0.2, 0.25) is 0 Å². The van der Waals surface area contributed by atoms with Crippen LogP contribution < -0.4 is 10.2 Å². The molecule has 1 aromatic heterocycles. The van der Waals surface area contributed by atoms with E-state index in [1.54, 1.807) is 18.6 Å². The number of amides is 1. The minimum atomic E-state index is -0.0654. The van der Waals surface area contributed by atoms with Gasteiger partial charge in [-0.1, -0.05) is 42.5 Å². The number of nitrogens with one attached hydrogen (secondary N) is 1. The van der Waals surface area contributed by atoms with E-state index in [1.807, 2.05) is 4.90 Å². The average Bonchev–Trinajstić information content (AvgIpc) is 3.42. The van der Waals surface area contributed by atoms with E-state index in [9.17, 15) is 4.79 Å². The van der Waals surface area contributed by atoms with Crippen molar-refractivity contribution in [2.24, 2.45) is 0 Å². The summed E-state index contributed by atoms with van der Waals surface area (Å²) in [4.78, 5) is 29.0. The highest BCUT2D eigenvalue weighted by molar-refractivity contribution is 5.92. The topological polar surface area (TPSA) is 64.6 Å². The first-order valence-corrected chi connectivity index (χ1v) is 15.5. The largest absolute Gasteiger partial charge is 0.361 e. The van der Waals surface area contributed by atoms with Crippen LogP contribution in [0.3, 0.4) is 0 Å². The molecule has 0 spiro atoms. The molecule has 3 saturated heterocycles. The number of aromatic nitrogens is 2. The molecule has 4 aliphatic rings. The van der Waals surface area contributed by atoms with Crippen molar-refractivity contribution in [1.82, 2.24) is 19.8 Å². The number of para-hydroxylation sites is 2. The van der Waals surface area contributed by atoms with E-state index in [1.165, 1.54) is 42.6 Å². The molecular formula is C34H42N6O. The lowest BCUT2D eigenvalue weighted by Crippen LogP contribution is -2.57. The Morgan fingerprint density at radius 3 is 2.34 bits per heavy atom. The molecule has 1 amide bonds. The van der Waals surface area contributed by atoms with Crippen molar-refractivity contribution in [3.8, 4) is 0 Å². The van der Waals surface area contributed by atoms with Gasteiger partial charge in [0, 0.05) is 43.6 Å². The minimum Gasteiger partial charge on any atom is -0.361 e. The molecule has 0 aliphatic carbocycles. The predicted octanol–water partition coefficient (Wildman–Crippen LogP) is 5.70. The first-order chi connectivity index (χ1) is 19.9. The van der Waals surface area contributed by atoms with E-state index in [0.29, 0.717) is 23.8 Å². The molecule has 5 heterocycles. The third-order valence-electron chi connectivity index (χ3n) is 10.5. The highest BCUT2D eigenvalue weighted by Gasteiger charge is 2.48. The van der Waals surface area contributed by atoms with Crippen LogP contribution in [0, 0.1) is 0 Å². The summed E-state index contributed by atoms with van der Waals surface area (Å²) in [6.07, 6.45) is 13.0. The maximum atomic E-state index is 13.1. The van der Waals surface area contributed by atoms with Gasteiger partial charge in [0.25, 0.3) is 5.91 Å². The molecule has 2 atom stereocenters. The van der Waals surface area contributed by atoms with E-state index in [-0.39, 0.29) is 17.0 Å². The molecule has 2 bridgehead atoms. The third-order valence-corrected chi connectivity index (χ3v) is 10.5. The quantitative estimate of drug-likeness (QED) is 0.425. The maximum absolute atomic E-state index is 13.1. The number of piperidine rings is 2. The fourth-order valence-corrected chi connectivity index (χ4v) is 8.48. The lowest BCUT2D eigenvalue weighted by Gasteiger charge is -2.48. The predicted molar refractivity (Wildman–Crippen MR) is 163 cm³/mol. The van der Waals surface area contributed by atoms with Gasteiger partial charge in [0.1, 0.15) is 11.4 Å². The summed E-state index contributed by atoms with van der Waals surface area (Å²) < 4.78 is 0. The number of hydrogen-bond acceptors (Lipinski definition) is 6. The van der Waals surface area contributed by atoms with Gasteiger partial charge in [-0.15, -0.1) is 0 Å². The summed E-state index contributed by atoms with van der Waals surface area (Å²) in [5, 5.41) is 3.77. The first kappa shape index (κ1) is 26.4. The fourth-order valence-electron chi connectivity index (χ4n) is 8.48. The van der Waals surface area contributed by atoms with Gasteiger partial charge in [-0.2, -0.15) is 0 Å². The van der Waals surface area contributed by atoms with E-state index < -0.39 is 0 Å². The summed E-state index contributed by atoms with van der Waals surface area (Å²) in [6, 6.07) is 21.7. The molecule has 0 radical (unpaired) electrons. The van der Waals surface area contributed by atoms with Crippen LogP contribution in [-0.4, -0.2) is 69.1 Å². The number of carbonyl (C=O) groups excluding carboxylic acids is 1. The van der Waals surface area contributed by atoms with Crippen molar-refractivity contribution in [2.75, 3.05) is 29.9 Å². The summed E-state index contributed by atoms with van der Waals surface area (Å²) in [6.45, 7) is 7.30. The van der Waals surface area contributed by atoms with Gasteiger partial charge in [0.2, 0.25) is 0 Å². The molecule has 2 unspecified atom stereocenters. The summed E-state index contributed by atoms with van der Waals surface area (Å²) in [7, 11) is 0. The van der Waals surface area contributed by atoms with Gasteiger partial charge in [0.05, 0.1) is 17.6 Å². The molecule has 0 saturated carbocycles. The van der Waals surface area contributed by atoms with Crippen LogP contribution in [0.1, 0.15) is 74.8 Å². The fraction of sp³-hybridized carbons (Fsp3) is 0.500. The molecule has 7 nitrogen and oxygen atoms in total. The Hall–Kier alpha value is -3.45. The average molecular weight is 551 g/mol. The van der Waals surface area contributed by atoms with Gasteiger partial charge >= 0.3 is 0 Å². The van der Waals surface area contributed by atoms with Gasteiger partial charge in [-0.3, -0.25) is 14.7 Å². The molecular weight excluding hydrogens is 508 g/mol. The maximum Gasteiger partial charge on any atom is 0.274 e. The second-order valence-corrected chi connectivity index (χ2v) is 13.1. The van der Waals surface area contributed by atoms with Crippen LogP contribution in [0.5, 0.6) is 0 Å². The number of rotatable bonds is 6. The number of likely N-dealkylation sites (tertiary alicyclic amines) is 1. The second-order valence-electron chi connectivity index (χ2n) is 13.1. The van der Waals surface area contributed by atoms with Crippen LogP contribution in [0.25, 0.3) is 0 Å². The zero-order chi connectivity index (χ0) is 28.0. The third kappa shape index (κ3) is 4.78. The number of anilines is 2. The minimum absolute atomic E-state index is 0.000721. The van der Waals surface area contributed by atoms with Crippen LogP contribution in [0.15, 0.2) is 73.2 Å². The molecule has 1 N–H and O–H groups in total. The molecule has 7 rings (SSSR count). The Balaban J connectivity index is 1.05. The van der Waals surface area contributed by atoms with Gasteiger partial charge < -0.3 is 15.1 Å². The zero-order valence-corrected chi connectivity index (χ0v) is 24.4. The van der Waals surface area contributed by atoms with Crippen molar-refractivity contribution in [3.63, 3.8) is 0 Å². The number of nitrogens with zero attached hydrogens (tertiary/aromatic N) is 5. The van der Waals surface area contributed by atoms with E-state index in [4.69, 9.17) is 0 Å². The Bertz CT molecular complexity index is 1360. The van der Waals surface area contributed by atoms with Gasteiger partial charge in [-0.25, -0.2) is 4.98 Å². The Kier molecular flexibility index (Phi) is 6.73. The molecule has 214 valence electrons. The zero-order valence-electron chi connectivity index (χ0n) is 24.4. The second kappa shape index (κ2) is 10.4. The number of hydrogen-bond donors (Lipinski definition) is 1. The summed E-state index contributed by atoms with van der Waals surface area (Å²) >= 11 is 0. The lowest BCUT2D eigenvalue weighted by atomic mass is 9.70. The molecule has 3 aromatic rings. The highest BCUT2D eigenvalue weighted by Crippen LogP contribution is 2.47. The summed E-state index contributed by atoms with van der Waals surface area (Å²) in [5.41, 5.74) is 4.52. The van der Waals surface area contributed by atoms with E-state index in [2.05, 4.69) is 93.5 Å². The highest BCUT2D eigenvalue weighted by atomic mass is 16.2. The summed E-state index contributed by atoms with van der Waals surface area (Å²) in [5.74, 6) is 0.000721. The van der Waals surface area contributed by atoms with Crippen molar-refractivity contribution < 1.29 is 4.79 Å². The Labute approximate surface area is 244 Å². The molecule has 41 heavy (non-hydrogen) atoms. The van der Waals surface area contributed by atoms with Crippen LogP contribution >= 0.6 is 0 Å². The van der Waals surface area contributed by atoms with Crippen molar-refractivity contribution >= 4 is 17.3 Å². The number of carbonyl (C=O) groups is 1. The number of benzene rings is 2. The molecule has 3 fully saturated rings. The van der Waals surface area contributed by atoms with Crippen molar-refractivity contribution in [2.45, 2.75) is 88.0 Å². The SMILES string of the molecule is CC1(C)Nc2ccccc2N1C1CC2CCC(C1)N2CCC1(c2ccccc2)CCN(C(=O)c2cnccn2)CC1. The first-order valence-electron chi connectivity index (χ1n) is 15.5. The van der Waals surface area contributed by atoms with Gasteiger partial charge in [-0.05, 0) is 88.4 Å². The monoisotopic (exact) mass is 550 g/mol. The molecule has 2 aromatic carbocycles. The lowest BCUT2D eigenvalue weighted by molar-refractivity contribution is 0.0613. The van der Waals surface area contributed by atoms with Crippen molar-refractivity contribution in [3.05, 3.63) is 84.4 Å². The molecule has 4 aliphatic heterocycles. The smallest absolute Gasteiger partial charge is 0.274 e. The molecule has 7 heteroatoms. The number of fused-ring (bicyclic) bond motifs is 3.